The molecule has 0 aromatic heterocycles. The smallest absolute Gasteiger partial charge is 0.338 e. The van der Waals surface area contributed by atoms with Crippen LogP contribution in [0, 0.1) is 10.1 Å². The van der Waals surface area contributed by atoms with Crippen molar-refractivity contribution in [3.8, 4) is 0 Å². The van der Waals surface area contributed by atoms with Gasteiger partial charge in [0.25, 0.3) is 11.6 Å². The first-order valence-electron chi connectivity index (χ1n) is 8.15. The maximum atomic E-state index is 11.8. The Kier molecular flexibility index (Phi) is 8.46. The van der Waals surface area contributed by atoms with Gasteiger partial charge in [0.1, 0.15) is 0 Å². The molecule has 0 aliphatic carbocycles. The zero-order chi connectivity index (χ0) is 17.9. The first-order chi connectivity index (χ1) is 11.4. The fourth-order valence-corrected chi connectivity index (χ4v) is 2.20. The molecule has 0 bridgehead atoms. The molecule has 132 valence electrons. The summed E-state index contributed by atoms with van der Waals surface area (Å²) in [4.78, 5) is 33.5. The monoisotopic (exact) mass is 336 g/mol. The second kappa shape index (κ2) is 10.4. The number of hydrogen-bond acceptors (Lipinski definition) is 5. The molecular weight excluding hydrogens is 312 g/mol. The normalized spacial score (nSPS) is 11.6. The summed E-state index contributed by atoms with van der Waals surface area (Å²) >= 11 is 0. The molecule has 1 rings (SSSR count). The van der Waals surface area contributed by atoms with E-state index in [1.807, 2.05) is 6.92 Å². The summed E-state index contributed by atoms with van der Waals surface area (Å²) in [6.07, 6.45) is 5.44. The summed E-state index contributed by atoms with van der Waals surface area (Å²) < 4.78 is 4.91. The van der Waals surface area contributed by atoms with Crippen LogP contribution in [0.25, 0.3) is 0 Å². The summed E-state index contributed by atoms with van der Waals surface area (Å²) in [6.45, 7) is 3.70. The number of nitrogens with one attached hydrogen (secondary N) is 1. The Hall–Kier alpha value is -2.44. The Morgan fingerprint density at radius 1 is 1.21 bits per heavy atom. The van der Waals surface area contributed by atoms with Crippen molar-refractivity contribution in [3.63, 3.8) is 0 Å². The Morgan fingerprint density at radius 3 is 2.46 bits per heavy atom. The number of esters is 1. The van der Waals surface area contributed by atoms with Crippen LogP contribution in [0.15, 0.2) is 24.3 Å². The van der Waals surface area contributed by atoms with E-state index in [4.69, 9.17) is 4.74 Å². The number of carbonyl (C=O) groups is 2. The number of hydrogen-bond donors (Lipinski definition) is 1. The molecule has 0 radical (unpaired) electrons. The topological polar surface area (TPSA) is 98.5 Å². The number of unbranched alkanes of at least 4 members (excludes halogenated alkanes) is 3. The van der Waals surface area contributed by atoms with E-state index in [9.17, 15) is 19.7 Å². The van der Waals surface area contributed by atoms with Crippen LogP contribution in [-0.2, 0) is 9.53 Å². The number of carbonyl (C=O) groups excluding carboxylic acids is 2. The molecule has 7 heteroatoms. The van der Waals surface area contributed by atoms with Gasteiger partial charge in [-0.3, -0.25) is 14.9 Å². The third-order valence-electron chi connectivity index (χ3n) is 3.55. The van der Waals surface area contributed by atoms with Crippen molar-refractivity contribution in [2.75, 3.05) is 6.61 Å². The fourth-order valence-electron chi connectivity index (χ4n) is 2.20. The molecule has 1 aromatic rings. The van der Waals surface area contributed by atoms with Gasteiger partial charge in [-0.25, -0.2) is 4.79 Å². The van der Waals surface area contributed by atoms with Gasteiger partial charge in [-0.1, -0.05) is 32.6 Å². The van der Waals surface area contributed by atoms with Crippen molar-refractivity contribution < 1.29 is 19.2 Å². The highest BCUT2D eigenvalue weighted by Crippen LogP contribution is 2.12. The van der Waals surface area contributed by atoms with Crippen LogP contribution in [0.5, 0.6) is 0 Å². The summed E-state index contributed by atoms with van der Waals surface area (Å²) in [6, 6.07) is 5.07. The SMILES string of the molecule is CCCCCC[C@@H](C)NC(=O)COC(=O)c1ccc([N+](=O)[O-])cc1. The molecule has 1 N–H and O–H groups in total. The van der Waals surface area contributed by atoms with Crippen molar-refractivity contribution in [1.29, 1.82) is 0 Å². The molecule has 0 saturated heterocycles. The Bertz CT molecular complexity index is 557. The summed E-state index contributed by atoms with van der Waals surface area (Å²) in [5.41, 5.74) is 0.0576. The van der Waals surface area contributed by atoms with Gasteiger partial charge in [0.15, 0.2) is 6.61 Å². The van der Waals surface area contributed by atoms with Crippen LogP contribution in [-0.4, -0.2) is 29.4 Å². The van der Waals surface area contributed by atoms with Crippen molar-refractivity contribution in [1.82, 2.24) is 5.32 Å². The van der Waals surface area contributed by atoms with E-state index in [2.05, 4.69) is 12.2 Å². The van der Waals surface area contributed by atoms with E-state index in [0.717, 1.165) is 19.3 Å². The molecule has 1 aromatic carbocycles. The summed E-state index contributed by atoms with van der Waals surface area (Å²) in [5.74, 6) is -1.04. The maximum Gasteiger partial charge on any atom is 0.338 e. The van der Waals surface area contributed by atoms with E-state index in [-0.39, 0.29) is 29.8 Å². The lowest BCUT2D eigenvalue weighted by molar-refractivity contribution is -0.384. The molecule has 0 fully saturated rings. The number of ether oxygens (including phenoxy) is 1. The molecular formula is C17H24N2O5. The molecule has 0 heterocycles. The Morgan fingerprint density at radius 2 is 1.88 bits per heavy atom. The first kappa shape index (κ1) is 19.6. The zero-order valence-electron chi connectivity index (χ0n) is 14.1. The van der Waals surface area contributed by atoms with E-state index in [0.29, 0.717) is 0 Å². The highest BCUT2D eigenvalue weighted by molar-refractivity contribution is 5.91. The van der Waals surface area contributed by atoms with Gasteiger partial charge in [-0.2, -0.15) is 0 Å². The zero-order valence-corrected chi connectivity index (χ0v) is 14.1. The minimum atomic E-state index is -0.685. The third-order valence-corrected chi connectivity index (χ3v) is 3.55. The van der Waals surface area contributed by atoms with Crippen LogP contribution in [0.1, 0.15) is 56.3 Å². The van der Waals surface area contributed by atoms with Crippen molar-refractivity contribution in [3.05, 3.63) is 39.9 Å². The largest absolute Gasteiger partial charge is 0.452 e. The lowest BCUT2D eigenvalue weighted by Gasteiger charge is -2.13. The molecule has 0 aliphatic rings. The van der Waals surface area contributed by atoms with Gasteiger partial charge in [0, 0.05) is 18.2 Å². The van der Waals surface area contributed by atoms with Crippen LogP contribution in [0.2, 0.25) is 0 Å². The minimum Gasteiger partial charge on any atom is -0.452 e. The van der Waals surface area contributed by atoms with E-state index >= 15 is 0 Å². The van der Waals surface area contributed by atoms with E-state index in [1.54, 1.807) is 0 Å². The number of amides is 1. The molecule has 1 amide bonds. The van der Waals surface area contributed by atoms with Crippen molar-refractivity contribution >= 4 is 17.6 Å². The van der Waals surface area contributed by atoms with Crippen molar-refractivity contribution in [2.45, 2.75) is 52.0 Å². The molecule has 7 nitrogen and oxygen atoms in total. The molecule has 0 spiro atoms. The Balaban J connectivity index is 2.32. The van der Waals surface area contributed by atoms with Crippen LogP contribution >= 0.6 is 0 Å². The quantitative estimate of drug-likeness (QED) is 0.306. The number of nitro groups is 1. The van der Waals surface area contributed by atoms with Crippen LogP contribution in [0.3, 0.4) is 0 Å². The lowest BCUT2D eigenvalue weighted by Crippen LogP contribution is -2.35. The first-order valence-corrected chi connectivity index (χ1v) is 8.15. The van der Waals surface area contributed by atoms with Gasteiger partial charge >= 0.3 is 5.97 Å². The van der Waals surface area contributed by atoms with Crippen molar-refractivity contribution in [2.24, 2.45) is 0 Å². The second-order valence-electron chi connectivity index (χ2n) is 5.70. The molecule has 0 saturated carbocycles. The highest BCUT2D eigenvalue weighted by Gasteiger charge is 2.13. The van der Waals surface area contributed by atoms with Gasteiger partial charge in [-0.15, -0.1) is 0 Å². The predicted octanol–water partition coefficient (Wildman–Crippen LogP) is 3.23. The minimum absolute atomic E-state index is 0.0347. The molecule has 0 unspecified atom stereocenters. The van der Waals surface area contributed by atoms with E-state index < -0.39 is 10.9 Å². The fraction of sp³-hybridized carbons (Fsp3) is 0.529. The molecule has 1 atom stereocenters. The lowest BCUT2D eigenvalue weighted by atomic mass is 10.1. The van der Waals surface area contributed by atoms with E-state index in [1.165, 1.54) is 37.1 Å². The number of nitro benzene ring substituents is 1. The van der Waals surface area contributed by atoms with Crippen LogP contribution in [0.4, 0.5) is 5.69 Å². The summed E-state index contributed by atoms with van der Waals surface area (Å²) in [7, 11) is 0. The standard InChI is InChI=1S/C17H24N2O5/c1-3-4-5-6-7-13(2)18-16(20)12-24-17(21)14-8-10-15(11-9-14)19(22)23/h8-11,13H,3-7,12H2,1-2H3,(H,18,20)/t13-/m1/s1. The average molecular weight is 336 g/mol. The molecule has 0 aliphatic heterocycles. The summed E-state index contributed by atoms with van der Waals surface area (Å²) in [5, 5.41) is 13.3. The highest BCUT2D eigenvalue weighted by atomic mass is 16.6. The number of rotatable bonds is 10. The molecule has 24 heavy (non-hydrogen) atoms. The third kappa shape index (κ3) is 7.21. The van der Waals surface area contributed by atoms with Crippen LogP contribution < -0.4 is 5.32 Å². The van der Waals surface area contributed by atoms with Gasteiger partial charge in [-0.05, 0) is 25.5 Å². The number of non-ortho nitro benzene ring substituents is 1. The predicted molar refractivity (Wildman–Crippen MR) is 89.7 cm³/mol. The Labute approximate surface area is 141 Å². The van der Waals surface area contributed by atoms with Gasteiger partial charge in [0.2, 0.25) is 0 Å². The number of benzene rings is 1. The average Bonchev–Trinajstić information content (AvgIpc) is 2.56. The van der Waals surface area contributed by atoms with Gasteiger partial charge < -0.3 is 10.1 Å². The maximum absolute atomic E-state index is 11.8. The second-order valence-corrected chi connectivity index (χ2v) is 5.70. The number of nitrogens with zero attached hydrogens (tertiary/aromatic N) is 1. The van der Waals surface area contributed by atoms with Gasteiger partial charge in [0.05, 0.1) is 10.5 Å².